The lowest BCUT2D eigenvalue weighted by Gasteiger charge is -2.14. The van der Waals surface area contributed by atoms with Gasteiger partial charge in [-0.05, 0) is 36.5 Å². The second kappa shape index (κ2) is 8.44. The Labute approximate surface area is 183 Å². The molecule has 1 aromatic carbocycles. The molecule has 2 aromatic heterocycles. The van der Waals surface area contributed by atoms with E-state index in [4.69, 9.17) is 9.47 Å². The van der Waals surface area contributed by atoms with E-state index in [1.54, 1.807) is 14.2 Å². The van der Waals surface area contributed by atoms with Gasteiger partial charge in [0.25, 0.3) is 0 Å². The summed E-state index contributed by atoms with van der Waals surface area (Å²) >= 11 is 0. The van der Waals surface area contributed by atoms with Gasteiger partial charge in [0.15, 0.2) is 11.4 Å². The molecular weight excluding hydrogens is 423 g/mol. The molecule has 0 bridgehead atoms. The zero-order chi connectivity index (χ0) is 23.0. The van der Waals surface area contributed by atoms with Gasteiger partial charge in [-0.15, -0.1) is 0 Å². The molecule has 1 saturated carbocycles. The van der Waals surface area contributed by atoms with Gasteiger partial charge in [-0.2, -0.15) is 23.3 Å². The number of methoxy groups -OCH3 is 1. The van der Waals surface area contributed by atoms with E-state index in [-0.39, 0.29) is 47.6 Å². The first-order chi connectivity index (χ1) is 15.2. The minimum atomic E-state index is -4.58. The van der Waals surface area contributed by atoms with Crippen molar-refractivity contribution in [2.75, 3.05) is 13.7 Å². The standard InChI is InChI=1S/C23H24F3N3O3/c1-13(14-6-8-17(31-3)9-7-14)10-16(30)12-32-19-11-18(23(24,25)26)20-21(15-4-5-15)28-29(2)22(20)27-19/h6-9,11,13,15H,4-5,10,12H2,1-3H3/t13-/m1/s1. The number of ether oxygens (including phenoxy) is 2. The fourth-order valence-corrected chi connectivity index (χ4v) is 3.80. The third kappa shape index (κ3) is 4.56. The zero-order valence-electron chi connectivity index (χ0n) is 18.1. The zero-order valence-corrected chi connectivity index (χ0v) is 18.1. The van der Waals surface area contributed by atoms with Crippen LogP contribution in [0.1, 0.15) is 54.8 Å². The summed E-state index contributed by atoms with van der Waals surface area (Å²) in [6.45, 7) is 1.55. The number of aryl methyl sites for hydroxylation is 1. The smallest absolute Gasteiger partial charge is 0.417 e. The molecule has 170 valence electrons. The number of benzene rings is 1. The van der Waals surface area contributed by atoms with Gasteiger partial charge < -0.3 is 9.47 Å². The largest absolute Gasteiger partial charge is 0.497 e. The number of pyridine rings is 1. The molecule has 1 aliphatic rings. The summed E-state index contributed by atoms with van der Waals surface area (Å²) in [6, 6.07) is 8.25. The van der Waals surface area contributed by atoms with Gasteiger partial charge in [0.2, 0.25) is 5.88 Å². The lowest BCUT2D eigenvalue weighted by molar-refractivity contribution is -0.136. The number of hydrogen-bond acceptors (Lipinski definition) is 5. The molecule has 0 aliphatic heterocycles. The molecular formula is C23H24F3N3O3. The number of aromatic nitrogens is 3. The second-order valence-electron chi connectivity index (χ2n) is 8.19. The average molecular weight is 447 g/mol. The van der Waals surface area contributed by atoms with E-state index in [1.165, 1.54) is 4.68 Å². The van der Waals surface area contributed by atoms with Crippen LogP contribution >= 0.6 is 0 Å². The van der Waals surface area contributed by atoms with E-state index in [0.29, 0.717) is 5.69 Å². The number of hydrogen-bond donors (Lipinski definition) is 0. The van der Waals surface area contributed by atoms with Gasteiger partial charge in [0.1, 0.15) is 12.4 Å². The Morgan fingerprint density at radius 3 is 2.53 bits per heavy atom. The minimum absolute atomic E-state index is 0.0225. The van der Waals surface area contributed by atoms with Crippen LogP contribution in [0.4, 0.5) is 13.2 Å². The summed E-state index contributed by atoms with van der Waals surface area (Å²) in [4.78, 5) is 16.6. The van der Waals surface area contributed by atoms with Gasteiger partial charge in [0, 0.05) is 25.5 Å². The van der Waals surface area contributed by atoms with Gasteiger partial charge in [-0.1, -0.05) is 19.1 Å². The molecule has 0 radical (unpaired) electrons. The molecule has 0 saturated heterocycles. The van der Waals surface area contributed by atoms with Gasteiger partial charge in [0.05, 0.1) is 23.8 Å². The summed E-state index contributed by atoms with van der Waals surface area (Å²) in [5.41, 5.74) is 0.668. The van der Waals surface area contributed by atoms with Crippen molar-refractivity contribution < 1.29 is 27.4 Å². The maximum Gasteiger partial charge on any atom is 0.417 e. The van der Waals surface area contributed by atoms with Crippen molar-refractivity contribution >= 4 is 16.8 Å². The Morgan fingerprint density at radius 2 is 1.94 bits per heavy atom. The second-order valence-corrected chi connectivity index (χ2v) is 8.19. The van der Waals surface area contributed by atoms with E-state index < -0.39 is 11.7 Å². The fraction of sp³-hybridized carbons (Fsp3) is 0.435. The van der Waals surface area contributed by atoms with Crippen LogP contribution in [-0.2, 0) is 18.0 Å². The quantitative estimate of drug-likeness (QED) is 0.485. The third-order valence-corrected chi connectivity index (χ3v) is 5.67. The van der Waals surface area contributed by atoms with Crippen molar-refractivity contribution in [3.05, 3.63) is 47.2 Å². The molecule has 2 heterocycles. The van der Waals surface area contributed by atoms with Crippen molar-refractivity contribution in [3.8, 4) is 11.6 Å². The molecule has 9 heteroatoms. The summed E-state index contributed by atoms with van der Waals surface area (Å²) in [6.07, 6.45) is -2.75. The number of ketones is 1. The van der Waals surface area contributed by atoms with Gasteiger partial charge in [-0.3, -0.25) is 9.48 Å². The molecule has 1 fully saturated rings. The van der Waals surface area contributed by atoms with Crippen molar-refractivity contribution in [3.63, 3.8) is 0 Å². The number of halogens is 3. The highest BCUT2D eigenvalue weighted by atomic mass is 19.4. The van der Waals surface area contributed by atoms with Gasteiger partial charge in [-0.25, -0.2) is 0 Å². The lowest BCUT2D eigenvalue weighted by Crippen LogP contribution is -2.15. The Balaban J connectivity index is 1.50. The van der Waals surface area contributed by atoms with Crippen molar-refractivity contribution in [1.82, 2.24) is 14.8 Å². The highest BCUT2D eigenvalue weighted by Gasteiger charge is 2.39. The predicted octanol–water partition coefficient (Wildman–Crippen LogP) is 5.01. The van der Waals surface area contributed by atoms with E-state index in [0.717, 1.165) is 30.2 Å². The number of carbonyl (C=O) groups is 1. The average Bonchev–Trinajstić information content (AvgIpc) is 3.55. The third-order valence-electron chi connectivity index (χ3n) is 5.67. The number of nitrogens with zero attached hydrogens (tertiary/aromatic N) is 3. The highest BCUT2D eigenvalue weighted by Crippen LogP contribution is 2.46. The van der Waals surface area contributed by atoms with E-state index >= 15 is 0 Å². The van der Waals surface area contributed by atoms with Crippen LogP contribution in [0.25, 0.3) is 11.0 Å². The number of carbonyl (C=O) groups excluding carboxylic acids is 1. The maximum absolute atomic E-state index is 13.8. The first kappa shape index (κ1) is 22.1. The molecule has 4 rings (SSSR count). The summed E-state index contributed by atoms with van der Waals surface area (Å²) in [7, 11) is 3.14. The number of alkyl halides is 3. The van der Waals surface area contributed by atoms with Crippen LogP contribution in [0, 0.1) is 0 Å². The first-order valence-corrected chi connectivity index (χ1v) is 10.4. The number of rotatable bonds is 8. The maximum atomic E-state index is 13.8. The molecule has 0 amide bonds. The number of Topliss-reactive ketones (excluding diaryl/α,β-unsaturated/α-hetero) is 1. The van der Waals surface area contributed by atoms with Crippen molar-refractivity contribution in [2.24, 2.45) is 7.05 Å². The Bertz CT molecular complexity index is 1140. The molecule has 1 aliphatic carbocycles. The first-order valence-electron chi connectivity index (χ1n) is 10.4. The number of fused-ring (bicyclic) bond motifs is 1. The fourth-order valence-electron chi connectivity index (χ4n) is 3.80. The van der Waals surface area contributed by atoms with Crippen LogP contribution in [-0.4, -0.2) is 34.3 Å². The Hall–Kier alpha value is -3.10. The Kier molecular flexibility index (Phi) is 5.83. The van der Waals surface area contributed by atoms with Crippen LogP contribution in [0.5, 0.6) is 11.6 Å². The van der Waals surface area contributed by atoms with Crippen LogP contribution < -0.4 is 9.47 Å². The summed E-state index contributed by atoms with van der Waals surface area (Å²) in [5.74, 6) is 0.219. The van der Waals surface area contributed by atoms with Crippen molar-refractivity contribution in [2.45, 2.75) is 44.2 Å². The van der Waals surface area contributed by atoms with E-state index in [1.807, 2.05) is 31.2 Å². The normalized spacial score (nSPS) is 15.1. The lowest BCUT2D eigenvalue weighted by atomic mass is 9.96. The van der Waals surface area contributed by atoms with Gasteiger partial charge >= 0.3 is 6.18 Å². The summed E-state index contributed by atoms with van der Waals surface area (Å²) < 4.78 is 53.2. The van der Waals surface area contributed by atoms with E-state index in [9.17, 15) is 18.0 Å². The van der Waals surface area contributed by atoms with Crippen molar-refractivity contribution in [1.29, 1.82) is 0 Å². The molecule has 0 N–H and O–H groups in total. The van der Waals surface area contributed by atoms with Crippen LogP contribution in [0.15, 0.2) is 30.3 Å². The molecule has 0 unspecified atom stereocenters. The summed E-state index contributed by atoms with van der Waals surface area (Å²) in [5, 5.41) is 4.29. The highest BCUT2D eigenvalue weighted by molar-refractivity contribution is 5.85. The molecule has 6 nitrogen and oxygen atoms in total. The molecule has 0 spiro atoms. The SMILES string of the molecule is COc1ccc([C@H](C)CC(=O)COc2cc(C(F)(F)F)c3c(C4CC4)nn(C)c3n2)cc1. The van der Waals surface area contributed by atoms with Crippen LogP contribution in [0.2, 0.25) is 0 Å². The predicted molar refractivity (Wildman–Crippen MR) is 112 cm³/mol. The Morgan fingerprint density at radius 1 is 1.25 bits per heavy atom. The molecule has 32 heavy (non-hydrogen) atoms. The van der Waals surface area contributed by atoms with E-state index in [2.05, 4.69) is 10.1 Å². The minimum Gasteiger partial charge on any atom is -0.497 e. The molecule has 3 aromatic rings. The monoisotopic (exact) mass is 447 g/mol. The molecule has 1 atom stereocenters. The topological polar surface area (TPSA) is 66.2 Å². The van der Waals surface area contributed by atoms with Crippen LogP contribution in [0.3, 0.4) is 0 Å².